The molecular formula is C14H15N3O4S2. The normalized spacial score (nSPS) is 11.7. The highest BCUT2D eigenvalue weighted by molar-refractivity contribution is 7.89. The van der Waals surface area contributed by atoms with Crippen LogP contribution in [0.3, 0.4) is 0 Å². The number of thiazole rings is 1. The third kappa shape index (κ3) is 3.16. The van der Waals surface area contributed by atoms with Crippen molar-refractivity contribution in [1.29, 1.82) is 0 Å². The molecule has 0 spiro atoms. The van der Waals surface area contributed by atoms with Gasteiger partial charge in [0, 0.05) is 23.8 Å². The minimum Gasteiger partial charge on any atom is -0.493 e. The van der Waals surface area contributed by atoms with E-state index in [0.717, 1.165) is 4.96 Å². The summed E-state index contributed by atoms with van der Waals surface area (Å²) in [5.74, 6) is 0.832. The first-order valence-corrected chi connectivity index (χ1v) is 9.02. The molecule has 2 aromatic heterocycles. The summed E-state index contributed by atoms with van der Waals surface area (Å²) in [5, 5.41) is 1.92. The van der Waals surface area contributed by atoms with E-state index >= 15 is 0 Å². The summed E-state index contributed by atoms with van der Waals surface area (Å²) in [6.07, 6.45) is 3.67. The third-order valence-corrected chi connectivity index (χ3v) is 5.42. The Morgan fingerprint density at radius 3 is 2.74 bits per heavy atom. The van der Waals surface area contributed by atoms with Crippen molar-refractivity contribution < 1.29 is 17.9 Å². The molecule has 0 fully saturated rings. The highest BCUT2D eigenvalue weighted by Gasteiger charge is 2.17. The van der Waals surface area contributed by atoms with Gasteiger partial charge >= 0.3 is 0 Å². The van der Waals surface area contributed by atoms with Crippen LogP contribution in [0.15, 0.2) is 40.9 Å². The topological polar surface area (TPSA) is 81.9 Å². The molecule has 3 rings (SSSR count). The number of fused-ring (bicyclic) bond motifs is 1. The highest BCUT2D eigenvalue weighted by atomic mass is 32.2. The fraction of sp³-hybridized carbons (Fsp3) is 0.214. The Morgan fingerprint density at radius 2 is 2.04 bits per heavy atom. The number of nitrogens with zero attached hydrogens (tertiary/aromatic N) is 2. The van der Waals surface area contributed by atoms with E-state index in [0.29, 0.717) is 17.2 Å². The summed E-state index contributed by atoms with van der Waals surface area (Å²) in [6, 6.07) is 4.45. The van der Waals surface area contributed by atoms with Crippen LogP contribution in [0.25, 0.3) is 4.96 Å². The maximum absolute atomic E-state index is 12.4. The van der Waals surface area contributed by atoms with E-state index in [4.69, 9.17) is 9.47 Å². The van der Waals surface area contributed by atoms with Gasteiger partial charge in [0.05, 0.1) is 31.4 Å². The van der Waals surface area contributed by atoms with Gasteiger partial charge < -0.3 is 9.47 Å². The maximum Gasteiger partial charge on any atom is 0.241 e. The zero-order valence-electron chi connectivity index (χ0n) is 12.5. The van der Waals surface area contributed by atoms with Crippen molar-refractivity contribution >= 4 is 26.3 Å². The standard InChI is InChI=1S/C14H15N3O4S2/c1-20-12-4-3-11(7-13(12)21-2)23(18,19)15-8-10-9-17-5-6-22-14(17)16-10/h3-7,9,15H,8H2,1-2H3. The number of ether oxygens (including phenoxy) is 2. The van der Waals surface area contributed by atoms with Crippen LogP contribution < -0.4 is 14.2 Å². The first-order chi connectivity index (χ1) is 11.0. The first-order valence-electron chi connectivity index (χ1n) is 6.66. The second-order valence-electron chi connectivity index (χ2n) is 4.67. The Balaban J connectivity index is 1.79. The van der Waals surface area contributed by atoms with Crippen LogP contribution in [0.5, 0.6) is 11.5 Å². The Hall–Kier alpha value is -2.10. The van der Waals surface area contributed by atoms with Crippen LogP contribution in [0.2, 0.25) is 0 Å². The summed E-state index contributed by atoms with van der Waals surface area (Å²) in [7, 11) is -0.715. The molecule has 0 saturated carbocycles. The average molecular weight is 353 g/mol. The Bertz CT molecular complexity index is 902. The van der Waals surface area contributed by atoms with Gasteiger partial charge in [0.15, 0.2) is 16.5 Å². The number of nitrogens with one attached hydrogen (secondary N) is 1. The van der Waals surface area contributed by atoms with Gasteiger partial charge in [-0.25, -0.2) is 18.1 Å². The van der Waals surface area contributed by atoms with E-state index in [9.17, 15) is 8.42 Å². The second-order valence-corrected chi connectivity index (χ2v) is 7.31. The molecule has 0 bridgehead atoms. The van der Waals surface area contributed by atoms with Gasteiger partial charge in [-0.3, -0.25) is 4.40 Å². The van der Waals surface area contributed by atoms with Crippen molar-refractivity contribution in [1.82, 2.24) is 14.1 Å². The molecule has 1 aromatic carbocycles. The van der Waals surface area contributed by atoms with Crippen LogP contribution in [0.1, 0.15) is 5.69 Å². The van der Waals surface area contributed by atoms with Crippen LogP contribution in [0, 0.1) is 0 Å². The molecule has 122 valence electrons. The minimum atomic E-state index is -3.67. The monoisotopic (exact) mass is 353 g/mol. The maximum atomic E-state index is 12.4. The van der Waals surface area contributed by atoms with Crippen LogP contribution >= 0.6 is 11.3 Å². The molecule has 9 heteroatoms. The van der Waals surface area contributed by atoms with Crippen LogP contribution in [-0.2, 0) is 16.6 Å². The molecule has 0 aliphatic rings. The lowest BCUT2D eigenvalue weighted by molar-refractivity contribution is 0.354. The van der Waals surface area contributed by atoms with Gasteiger partial charge in [-0.1, -0.05) is 0 Å². The highest BCUT2D eigenvalue weighted by Crippen LogP contribution is 2.29. The lowest BCUT2D eigenvalue weighted by Gasteiger charge is -2.10. The SMILES string of the molecule is COc1ccc(S(=O)(=O)NCc2cn3ccsc3n2)cc1OC. The number of imidazole rings is 1. The molecule has 0 saturated heterocycles. The predicted octanol–water partition coefficient (Wildman–Crippen LogP) is 1.89. The first kappa shape index (κ1) is 15.8. The van der Waals surface area contributed by atoms with Crippen molar-refractivity contribution in [2.24, 2.45) is 0 Å². The van der Waals surface area contributed by atoms with Crippen LogP contribution in [0.4, 0.5) is 0 Å². The predicted molar refractivity (Wildman–Crippen MR) is 86.6 cm³/mol. The number of methoxy groups -OCH3 is 2. The number of sulfonamides is 1. The number of hydrogen-bond acceptors (Lipinski definition) is 6. The van der Waals surface area contributed by atoms with Gasteiger partial charge in [0.1, 0.15) is 0 Å². The lowest BCUT2D eigenvalue weighted by Crippen LogP contribution is -2.23. The smallest absolute Gasteiger partial charge is 0.241 e. The largest absolute Gasteiger partial charge is 0.493 e. The summed E-state index contributed by atoms with van der Waals surface area (Å²) in [6.45, 7) is 0.116. The van der Waals surface area contributed by atoms with E-state index in [1.807, 2.05) is 16.0 Å². The summed E-state index contributed by atoms with van der Waals surface area (Å²) < 4.78 is 39.4. The number of benzene rings is 1. The molecule has 0 radical (unpaired) electrons. The van der Waals surface area contributed by atoms with Gasteiger partial charge in [-0.2, -0.15) is 0 Å². The number of hydrogen-bond donors (Lipinski definition) is 1. The Labute approximate surface area is 137 Å². The molecule has 0 aliphatic heterocycles. The Kier molecular flexibility index (Phi) is 4.24. The lowest BCUT2D eigenvalue weighted by atomic mass is 10.3. The fourth-order valence-electron chi connectivity index (χ4n) is 2.10. The van der Waals surface area contributed by atoms with Crippen molar-refractivity contribution in [2.75, 3.05) is 14.2 Å². The van der Waals surface area contributed by atoms with Crippen molar-refractivity contribution in [2.45, 2.75) is 11.4 Å². The van der Waals surface area contributed by atoms with E-state index in [2.05, 4.69) is 9.71 Å². The molecule has 7 nitrogen and oxygen atoms in total. The molecule has 0 unspecified atom stereocenters. The molecule has 3 aromatic rings. The second kappa shape index (κ2) is 6.19. The molecular weight excluding hydrogens is 338 g/mol. The number of aromatic nitrogens is 2. The zero-order chi connectivity index (χ0) is 16.4. The van der Waals surface area contributed by atoms with Gasteiger partial charge in [0.2, 0.25) is 10.0 Å². The molecule has 23 heavy (non-hydrogen) atoms. The molecule has 0 atom stereocenters. The van der Waals surface area contributed by atoms with Gasteiger partial charge in [-0.15, -0.1) is 11.3 Å². The van der Waals surface area contributed by atoms with Crippen molar-refractivity contribution in [3.63, 3.8) is 0 Å². The summed E-state index contributed by atoms with van der Waals surface area (Å²) >= 11 is 1.49. The van der Waals surface area contributed by atoms with Crippen molar-refractivity contribution in [3.8, 4) is 11.5 Å². The quantitative estimate of drug-likeness (QED) is 0.732. The minimum absolute atomic E-state index is 0.108. The van der Waals surface area contributed by atoms with E-state index in [-0.39, 0.29) is 11.4 Å². The van der Waals surface area contributed by atoms with Crippen LogP contribution in [-0.4, -0.2) is 32.0 Å². The third-order valence-electron chi connectivity index (χ3n) is 3.25. The van der Waals surface area contributed by atoms with Gasteiger partial charge in [0.25, 0.3) is 0 Å². The molecule has 0 aliphatic carbocycles. The molecule has 0 amide bonds. The Morgan fingerprint density at radius 1 is 1.26 bits per heavy atom. The fourth-order valence-corrected chi connectivity index (χ4v) is 3.83. The summed E-state index contributed by atoms with van der Waals surface area (Å²) in [4.78, 5) is 5.27. The summed E-state index contributed by atoms with van der Waals surface area (Å²) in [5.41, 5.74) is 0.654. The van der Waals surface area contributed by atoms with Crippen molar-refractivity contribution in [3.05, 3.63) is 41.7 Å². The molecule has 1 N–H and O–H groups in total. The average Bonchev–Trinajstić information content (AvgIpc) is 3.13. The van der Waals surface area contributed by atoms with E-state index in [1.165, 1.54) is 37.7 Å². The van der Waals surface area contributed by atoms with E-state index < -0.39 is 10.0 Å². The number of rotatable bonds is 6. The zero-order valence-corrected chi connectivity index (χ0v) is 14.1. The van der Waals surface area contributed by atoms with E-state index in [1.54, 1.807) is 12.3 Å². The molecule has 2 heterocycles. The van der Waals surface area contributed by atoms with Gasteiger partial charge in [-0.05, 0) is 12.1 Å².